The standard InChI is InChI=1S/C15H22N4O2/c1-10(2)21-8-7-16-15(20)17-9-13-18-12-6-4-5-11(3)14(12)19-13/h4-6,10H,7-9H2,1-3H3,(H,18,19)(H2,16,17,20). The molecule has 0 fully saturated rings. The Balaban J connectivity index is 1.79. The third-order valence-corrected chi connectivity index (χ3v) is 3.02. The van der Waals surface area contributed by atoms with E-state index >= 15 is 0 Å². The number of fused-ring (bicyclic) bond motifs is 1. The van der Waals surface area contributed by atoms with E-state index in [4.69, 9.17) is 4.74 Å². The van der Waals surface area contributed by atoms with Crippen LogP contribution < -0.4 is 10.6 Å². The van der Waals surface area contributed by atoms with E-state index in [-0.39, 0.29) is 12.1 Å². The van der Waals surface area contributed by atoms with Crippen LogP contribution in [0.4, 0.5) is 4.79 Å². The fourth-order valence-electron chi connectivity index (χ4n) is 2.00. The molecule has 0 saturated heterocycles. The van der Waals surface area contributed by atoms with Crippen LogP contribution in [0.3, 0.4) is 0 Å². The van der Waals surface area contributed by atoms with Crippen LogP contribution in [0.25, 0.3) is 11.0 Å². The lowest BCUT2D eigenvalue weighted by Gasteiger charge is -2.09. The van der Waals surface area contributed by atoms with E-state index in [9.17, 15) is 4.79 Å². The number of carbonyl (C=O) groups is 1. The van der Waals surface area contributed by atoms with E-state index in [1.54, 1.807) is 0 Å². The maximum absolute atomic E-state index is 11.6. The van der Waals surface area contributed by atoms with Crippen LogP contribution in [-0.4, -0.2) is 35.3 Å². The van der Waals surface area contributed by atoms with Gasteiger partial charge in [-0.1, -0.05) is 12.1 Å². The van der Waals surface area contributed by atoms with Crippen molar-refractivity contribution >= 4 is 17.1 Å². The summed E-state index contributed by atoms with van der Waals surface area (Å²) in [7, 11) is 0. The zero-order valence-electron chi connectivity index (χ0n) is 12.7. The number of ether oxygens (including phenoxy) is 1. The smallest absolute Gasteiger partial charge is 0.315 e. The Hall–Kier alpha value is -2.08. The van der Waals surface area contributed by atoms with E-state index in [0.29, 0.717) is 19.7 Å². The average molecular weight is 290 g/mol. The van der Waals surface area contributed by atoms with Gasteiger partial charge >= 0.3 is 6.03 Å². The Morgan fingerprint density at radius 1 is 1.38 bits per heavy atom. The minimum absolute atomic E-state index is 0.175. The molecule has 2 aromatic rings. The fraction of sp³-hybridized carbons (Fsp3) is 0.467. The predicted octanol–water partition coefficient (Wildman–Crippen LogP) is 2.10. The monoisotopic (exact) mass is 290 g/mol. The summed E-state index contributed by atoms with van der Waals surface area (Å²) in [5.74, 6) is 0.743. The molecule has 0 aliphatic carbocycles. The number of nitrogens with zero attached hydrogens (tertiary/aromatic N) is 1. The molecular weight excluding hydrogens is 268 g/mol. The number of hydrogen-bond donors (Lipinski definition) is 3. The molecule has 21 heavy (non-hydrogen) atoms. The predicted molar refractivity (Wildman–Crippen MR) is 82.2 cm³/mol. The minimum atomic E-state index is -0.223. The highest BCUT2D eigenvalue weighted by Gasteiger charge is 2.06. The molecule has 1 heterocycles. The Morgan fingerprint density at radius 2 is 2.19 bits per heavy atom. The molecule has 0 spiro atoms. The molecule has 2 rings (SSSR count). The van der Waals surface area contributed by atoms with Crippen molar-refractivity contribution in [3.05, 3.63) is 29.6 Å². The summed E-state index contributed by atoms with van der Waals surface area (Å²) in [6.45, 7) is 7.30. The first kappa shape index (κ1) is 15.3. The van der Waals surface area contributed by atoms with Gasteiger partial charge in [0, 0.05) is 6.54 Å². The van der Waals surface area contributed by atoms with Gasteiger partial charge in [0.05, 0.1) is 30.3 Å². The lowest BCUT2D eigenvalue weighted by molar-refractivity contribution is 0.0817. The summed E-state index contributed by atoms with van der Waals surface area (Å²) < 4.78 is 5.35. The molecule has 0 atom stereocenters. The molecule has 0 bridgehead atoms. The molecule has 0 aliphatic rings. The van der Waals surface area contributed by atoms with Crippen LogP contribution >= 0.6 is 0 Å². The third kappa shape index (κ3) is 4.46. The first-order chi connectivity index (χ1) is 10.1. The van der Waals surface area contributed by atoms with Gasteiger partial charge in [-0.15, -0.1) is 0 Å². The number of rotatable bonds is 6. The second-order valence-corrected chi connectivity index (χ2v) is 5.18. The van der Waals surface area contributed by atoms with Crippen LogP contribution in [0.5, 0.6) is 0 Å². The number of H-pyrrole nitrogens is 1. The highest BCUT2D eigenvalue weighted by Crippen LogP contribution is 2.15. The summed E-state index contributed by atoms with van der Waals surface area (Å²) in [4.78, 5) is 19.3. The molecule has 6 nitrogen and oxygen atoms in total. The number of carbonyl (C=O) groups excluding carboxylic acids is 1. The van der Waals surface area contributed by atoms with E-state index < -0.39 is 0 Å². The largest absolute Gasteiger partial charge is 0.377 e. The van der Waals surface area contributed by atoms with Crippen molar-refractivity contribution in [2.45, 2.75) is 33.4 Å². The van der Waals surface area contributed by atoms with Gasteiger partial charge in [0.2, 0.25) is 0 Å². The van der Waals surface area contributed by atoms with Gasteiger partial charge in [-0.2, -0.15) is 0 Å². The fourth-order valence-corrected chi connectivity index (χ4v) is 2.00. The molecule has 1 aromatic heterocycles. The van der Waals surface area contributed by atoms with Gasteiger partial charge < -0.3 is 20.4 Å². The number of nitrogens with one attached hydrogen (secondary N) is 3. The Morgan fingerprint density at radius 3 is 2.90 bits per heavy atom. The molecule has 0 aliphatic heterocycles. The van der Waals surface area contributed by atoms with Crippen molar-refractivity contribution in [1.82, 2.24) is 20.6 Å². The molecule has 1 aromatic carbocycles. The van der Waals surface area contributed by atoms with Crippen molar-refractivity contribution < 1.29 is 9.53 Å². The molecule has 0 radical (unpaired) electrons. The normalized spacial score (nSPS) is 11.0. The maximum Gasteiger partial charge on any atom is 0.315 e. The molecule has 114 valence electrons. The first-order valence-electron chi connectivity index (χ1n) is 7.14. The number of urea groups is 1. The topological polar surface area (TPSA) is 79.0 Å². The number of para-hydroxylation sites is 1. The number of hydrogen-bond acceptors (Lipinski definition) is 3. The number of imidazole rings is 1. The average Bonchev–Trinajstić information content (AvgIpc) is 2.86. The highest BCUT2D eigenvalue weighted by atomic mass is 16.5. The molecule has 3 N–H and O–H groups in total. The second kappa shape index (κ2) is 7.08. The summed E-state index contributed by atoms with van der Waals surface area (Å²) >= 11 is 0. The third-order valence-electron chi connectivity index (χ3n) is 3.02. The van der Waals surface area contributed by atoms with Gasteiger partial charge in [0.15, 0.2) is 0 Å². The van der Waals surface area contributed by atoms with Crippen molar-refractivity contribution in [2.75, 3.05) is 13.2 Å². The molecule has 6 heteroatoms. The maximum atomic E-state index is 11.6. The SMILES string of the molecule is Cc1cccc2[nH]c(CNC(=O)NCCOC(C)C)nc12. The number of aromatic amines is 1. The van der Waals surface area contributed by atoms with Crippen molar-refractivity contribution in [1.29, 1.82) is 0 Å². The molecule has 2 amide bonds. The quantitative estimate of drug-likeness (QED) is 0.713. The Kier molecular flexibility index (Phi) is 5.16. The minimum Gasteiger partial charge on any atom is -0.377 e. The summed E-state index contributed by atoms with van der Waals surface area (Å²) in [6.07, 6.45) is 0.175. The van der Waals surface area contributed by atoms with Gasteiger partial charge in [-0.25, -0.2) is 9.78 Å². The lowest BCUT2D eigenvalue weighted by atomic mass is 10.2. The zero-order chi connectivity index (χ0) is 15.2. The van der Waals surface area contributed by atoms with Crippen molar-refractivity contribution in [3.8, 4) is 0 Å². The van der Waals surface area contributed by atoms with Crippen molar-refractivity contribution in [2.24, 2.45) is 0 Å². The number of amides is 2. The van der Waals surface area contributed by atoms with Crippen LogP contribution in [0, 0.1) is 6.92 Å². The van der Waals surface area contributed by atoms with Gasteiger partial charge in [0.25, 0.3) is 0 Å². The summed E-state index contributed by atoms with van der Waals surface area (Å²) in [5, 5.41) is 5.50. The van der Waals surface area contributed by atoms with Crippen LogP contribution in [0.1, 0.15) is 25.2 Å². The van der Waals surface area contributed by atoms with Gasteiger partial charge in [-0.3, -0.25) is 0 Å². The number of benzene rings is 1. The molecule has 0 saturated carbocycles. The van der Waals surface area contributed by atoms with Crippen LogP contribution in [0.2, 0.25) is 0 Å². The summed E-state index contributed by atoms with van der Waals surface area (Å²) in [5.41, 5.74) is 3.04. The van der Waals surface area contributed by atoms with E-state index in [1.165, 1.54) is 0 Å². The summed E-state index contributed by atoms with van der Waals surface area (Å²) in [6, 6.07) is 5.75. The van der Waals surface area contributed by atoms with E-state index in [2.05, 4.69) is 20.6 Å². The van der Waals surface area contributed by atoms with Gasteiger partial charge in [0.1, 0.15) is 5.82 Å². The van der Waals surface area contributed by atoms with Gasteiger partial charge in [-0.05, 0) is 32.4 Å². The lowest BCUT2D eigenvalue weighted by Crippen LogP contribution is -2.37. The second-order valence-electron chi connectivity index (χ2n) is 5.18. The zero-order valence-corrected chi connectivity index (χ0v) is 12.7. The number of aryl methyl sites for hydroxylation is 1. The van der Waals surface area contributed by atoms with E-state index in [1.807, 2.05) is 39.0 Å². The van der Waals surface area contributed by atoms with Crippen LogP contribution in [0.15, 0.2) is 18.2 Å². The van der Waals surface area contributed by atoms with Crippen molar-refractivity contribution in [3.63, 3.8) is 0 Å². The molecule has 0 unspecified atom stereocenters. The van der Waals surface area contributed by atoms with Crippen LogP contribution in [-0.2, 0) is 11.3 Å². The van der Waals surface area contributed by atoms with E-state index in [0.717, 1.165) is 22.4 Å². The Labute approximate surface area is 124 Å². The molecular formula is C15H22N4O2. The Bertz CT molecular complexity index is 607. The first-order valence-corrected chi connectivity index (χ1v) is 7.14. The number of aromatic nitrogens is 2. The highest BCUT2D eigenvalue weighted by molar-refractivity contribution is 5.78.